The minimum absolute atomic E-state index is 0.0258. The number of hydrogen-bond donors (Lipinski definition) is 5. The molecule has 1 aromatic heterocycles. The van der Waals surface area contributed by atoms with Crippen LogP contribution in [-0.4, -0.2) is 44.4 Å². The second-order valence-corrected chi connectivity index (χ2v) is 5.34. The molecule has 0 saturated carbocycles. The lowest BCUT2D eigenvalue weighted by Gasteiger charge is -2.16. The number of nitrogens with zero attached hydrogens (tertiary/aromatic N) is 2. The molecule has 1 atom stereocenters. The molecule has 0 aliphatic rings. The van der Waals surface area contributed by atoms with Crippen molar-refractivity contribution in [2.45, 2.75) is 26.3 Å². The predicted octanol–water partition coefficient (Wildman–Crippen LogP) is -0.0708. The molecule has 7 N–H and O–H groups in total. The summed E-state index contributed by atoms with van der Waals surface area (Å²) in [7, 11) is 0. The van der Waals surface area contributed by atoms with Crippen molar-refractivity contribution in [2.75, 3.05) is 17.2 Å². The summed E-state index contributed by atoms with van der Waals surface area (Å²) < 4.78 is 0. The van der Waals surface area contributed by atoms with Crippen LogP contribution < -0.4 is 22.1 Å². The van der Waals surface area contributed by atoms with Crippen molar-refractivity contribution in [3.63, 3.8) is 0 Å². The number of amides is 1. The molecule has 0 spiro atoms. The Hall–Kier alpha value is -2.59. The largest absolute Gasteiger partial charge is 0.400 e. The van der Waals surface area contributed by atoms with E-state index in [9.17, 15) is 9.59 Å². The SMILES string of the molecule is CCC(Nc1cnc(C(N)=O)c(NC(=S)/C=C(\N)CO)n1)C(C)=O. The monoisotopic (exact) mass is 352 g/mol. The molecular weight excluding hydrogens is 332 g/mol. The van der Waals surface area contributed by atoms with Crippen LogP contribution in [0.1, 0.15) is 30.8 Å². The number of ketones is 1. The number of anilines is 2. The van der Waals surface area contributed by atoms with Crippen LogP contribution in [0.2, 0.25) is 0 Å². The van der Waals surface area contributed by atoms with E-state index in [-0.39, 0.29) is 40.4 Å². The molecule has 1 aromatic rings. The van der Waals surface area contributed by atoms with Crippen molar-refractivity contribution in [2.24, 2.45) is 11.5 Å². The summed E-state index contributed by atoms with van der Waals surface area (Å²) in [6.07, 6.45) is 3.18. The van der Waals surface area contributed by atoms with Gasteiger partial charge < -0.3 is 27.2 Å². The van der Waals surface area contributed by atoms with E-state index in [1.54, 1.807) is 0 Å². The Morgan fingerprint density at radius 2 is 2.12 bits per heavy atom. The Kier molecular flexibility index (Phi) is 7.21. The zero-order valence-corrected chi connectivity index (χ0v) is 14.2. The van der Waals surface area contributed by atoms with Crippen molar-refractivity contribution >= 4 is 40.5 Å². The van der Waals surface area contributed by atoms with Crippen LogP contribution >= 0.6 is 12.2 Å². The number of aliphatic hydroxyl groups is 1. The van der Waals surface area contributed by atoms with E-state index in [2.05, 4.69) is 20.6 Å². The zero-order chi connectivity index (χ0) is 18.3. The van der Waals surface area contributed by atoms with Gasteiger partial charge in [-0.1, -0.05) is 19.1 Å². The summed E-state index contributed by atoms with van der Waals surface area (Å²) in [5, 5.41) is 14.5. The standard InChI is InChI=1S/C14H20N6O3S/c1-3-9(7(2)22)18-10-5-17-12(13(16)23)14(19-10)20-11(24)4-8(15)6-21/h4-5,9,21H,3,6,15H2,1-2H3,(H2,16,23)(H2,18,19,20,24)/b8-4-. The van der Waals surface area contributed by atoms with Crippen LogP contribution in [0, 0.1) is 0 Å². The molecule has 24 heavy (non-hydrogen) atoms. The minimum Gasteiger partial charge on any atom is -0.400 e. The quantitative estimate of drug-likeness (QED) is 0.319. The summed E-state index contributed by atoms with van der Waals surface area (Å²) in [5.41, 5.74) is 10.8. The molecule has 9 nitrogen and oxygen atoms in total. The molecule has 0 aromatic carbocycles. The van der Waals surface area contributed by atoms with Crippen LogP contribution in [0.5, 0.6) is 0 Å². The van der Waals surface area contributed by atoms with Gasteiger partial charge in [-0.15, -0.1) is 0 Å². The highest BCUT2D eigenvalue weighted by molar-refractivity contribution is 7.81. The number of Topliss-reactive ketones (excluding diaryl/α,β-unsaturated/α-hetero) is 1. The fourth-order valence-corrected chi connectivity index (χ4v) is 2.01. The number of primary amides is 1. The fraction of sp³-hybridized carbons (Fsp3) is 0.357. The molecule has 0 radical (unpaired) electrons. The number of aliphatic hydroxyl groups excluding tert-OH is 1. The number of carbonyl (C=O) groups is 2. The molecule has 0 fully saturated rings. The van der Waals surface area contributed by atoms with Gasteiger partial charge >= 0.3 is 0 Å². The Morgan fingerprint density at radius 3 is 2.62 bits per heavy atom. The van der Waals surface area contributed by atoms with Crippen LogP contribution in [0.4, 0.5) is 11.6 Å². The number of aromatic nitrogens is 2. The molecule has 1 amide bonds. The van der Waals surface area contributed by atoms with Crippen molar-refractivity contribution in [1.82, 2.24) is 9.97 Å². The number of hydrogen-bond acceptors (Lipinski definition) is 8. The first-order valence-electron chi connectivity index (χ1n) is 7.10. The maximum absolute atomic E-state index is 11.5. The van der Waals surface area contributed by atoms with Gasteiger partial charge in [-0.05, 0) is 19.4 Å². The van der Waals surface area contributed by atoms with Crippen molar-refractivity contribution in [3.8, 4) is 0 Å². The van der Waals surface area contributed by atoms with Crippen LogP contribution in [0.25, 0.3) is 0 Å². The third kappa shape index (κ3) is 5.56. The third-order valence-corrected chi connectivity index (χ3v) is 3.19. The second-order valence-electron chi connectivity index (χ2n) is 4.90. The highest BCUT2D eigenvalue weighted by atomic mass is 32.1. The molecular formula is C14H20N6O3S. The van der Waals surface area contributed by atoms with E-state index in [0.29, 0.717) is 6.42 Å². The highest BCUT2D eigenvalue weighted by Crippen LogP contribution is 2.15. The van der Waals surface area contributed by atoms with Gasteiger partial charge in [0.2, 0.25) is 0 Å². The van der Waals surface area contributed by atoms with Gasteiger partial charge in [0, 0.05) is 5.70 Å². The van der Waals surface area contributed by atoms with Crippen molar-refractivity contribution in [3.05, 3.63) is 23.7 Å². The molecule has 0 saturated heterocycles. The van der Waals surface area contributed by atoms with E-state index in [1.807, 2.05) is 6.92 Å². The van der Waals surface area contributed by atoms with Crippen molar-refractivity contribution < 1.29 is 14.7 Å². The molecule has 1 rings (SSSR count). The third-order valence-electron chi connectivity index (χ3n) is 2.97. The number of nitrogens with one attached hydrogen (secondary N) is 2. The normalized spacial score (nSPS) is 12.4. The van der Waals surface area contributed by atoms with Gasteiger partial charge in [0.1, 0.15) is 10.8 Å². The minimum atomic E-state index is -0.794. The molecule has 1 unspecified atom stereocenters. The number of nitrogens with two attached hydrogens (primary N) is 2. The van der Waals surface area contributed by atoms with E-state index < -0.39 is 11.9 Å². The maximum atomic E-state index is 11.5. The topological polar surface area (TPSA) is 156 Å². The summed E-state index contributed by atoms with van der Waals surface area (Å²) in [6, 6.07) is -0.427. The first kappa shape index (κ1) is 19.5. The Balaban J connectivity index is 3.11. The lowest BCUT2D eigenvalue weighted by Crippen LogP contribution is -2.28. The van der Waals surface area contributed by atoms with E-state index in [4.69, 9.17) is 28.8 Å². The second kappa shape index (κ2) is 8.89. The smallest absolute Gasteiger partial charge is 0.271 e. The van der Waals surface area contributed by atoms with Crippen molar-refractivity contribution in [1.29, 1.82) is 0 Å². The maximum Gasteiger partial charge on any atom is 0.271 e. The summed E-state index contributed by atoms with van der Waals surface area (Å²) >= 11 is 5.05. The predicted molar refractivity (Wildman–Crippen MR) is 94.5 cm³/mol. The van der Waals surface area contributed by atoms with Gasteiger partial charge in [0.05, 0.1) is 18.8 Å². The van der Waals surface area contributed by atoms with Gasteiger partial charge in [0.15, 0.2) is 17.3 Å². The van der Waals surface area contributed by atoms with E-state index in [0.717, 1.165) is 0 Å². The molecule has 1 heterocycles. The average molecular weight is 352 g/mol. The first-order valence-corrected chi connectivity index (χ1v) is 7.51. The number of rotatable bonds is 8. The van der Waals surface area contributed by atoms with Crippen LogP contribution in [-0.2, 0) is 4.79 Å². The van der Waals surface area contributed by atoms with Gasteiger partial charge in [-0.2, -0.15) is 0 Å². The summed E-state index contributed by atoms with van der Waals surface area (Å²) in [4.78, 5) is 31.2. The van der Waals surface area contributed by atoms with Gasteiger partial charge in [-0.25, -0.2) is 9.97 Å². The molecule has 10 heteroatoms. The van der Waals surface area contributed by atoms with Gasteiger partial charge in [0.25, 0.3) is 5.91 Å². The van der Waals surface area contributed by atoms with Crippen LogP contribution in [0.3, 0.4) is 0 Å². The van der Waals surface area contributed by atoms with Crippen LogP contribution in [0.15, 0.2) is 18.0 Å². The summed E-state index contributed by atoms with van der Waals surface area (Å²) in [6.45, 7) is 2.94. The molecule has 130 valence electrons. The number of carbonyl (C=O) groups excluding carboxylic acids is 2. The highest BCUT2D eigenvalue weighted by Gasteiger charge is 2.17. The molecule has 0 aliphatic heterocycles. The zero-order valence-electron chi connectivity index (χ0n) is 13.4. The van der Waals surface area contributed by atoms with E-state index >= 15 is 0 Å². The molecule has 0 aliphatic carbocycles. The first-order chi connectivity index (χ1) is 11.3. The summed E-state index contributed by atoms with van der Waals surface area (Å²) in [5.74, 6) is -0.539. The average Bonchev–Trinajstić information content (AvgIpc) is 2.51. The number of thiocarbonyl (C=S) groups is 1. The molecule has 0 bridgehead atoms. The lowest BCUT2D eigenvalue weighted by atomic mass is 10.1. The Morgan fingerprint density at radius 1 is 1.46 bits per heavy atom. The fourth-order valence-electron chi connectivity index (χ4n) is 1.76. The Labute approximate surface area is 144 Å². The van der Waals surface area contributed by atoms with Gasteiger partial charge in [-0.3, -0.25) is 9.59 Å². The lowest BCUT2D eigenvalue weighted by molar-refractivity contribution is -0.117. The Bertz CT molecular complexity index is 676. The van der Waals surface area contributed by atoms with E-state index in [1.165, 1.54) is 19.2 Å².